The zero-order valence-electron chi connectivity index (χ0n) is 13.6. The minimum absolute atomic E-state index is 0.0390. The maximum atomic E-state index is 12.3. The van der Waals surface area contributed by atoms with Gasteiger partial charge >= 0.3 is 0 Å². The molecule has 1 amide bonds. The lowest BCUT2D eigenvalue weighted by molar-refractivity contribution is -0.121. The second kappa shape index (κ2) is 8.43. The molecular weight excluding hydrogens is 294 g/mol. The van der Waals surface area contributed by atoms with Crippen molar-refractivity contribution in [1.82, 2.24) is 14.9 Å². The van der Waals surface area contributed by atoms with Crippen LogP contribution in [0.5, 0.6) is 0 Å². The number of benzene rings is 1. The molecule has 0 unspecified atom stereocenters. The van der Waals surface area contributed by atoms with Crippen molar-refractivity contribution in [2.45, 2.75) is 26.8 Å². The molecule has 0 fully saturated rings. The Morgan fingerprint density at radius 3 is 2.87 bits per heavy atom. The van der Waals surface area contributed by atoms with Crippen LogP contribution >= 0.6 is 0 Å². The first kappa shape index (κ1) is 17.1. The molecule has 0 bridgehead atoms. The standard InChI is InChI=1S/C17H23N3O3/c1-13(2)7-9-23-10-8-18-16(21)11-20-12-19-15-6-4-3-5-14(15)17(20)22/h3-6,12-13H,7-11H2,1-2H3,(H,18,21). The molecule has 0 saturated carbocycles. The van der Waals surface area contributed by atoms with Crippen molar-refractivity contribution >= 4 is 16.8 Å². The van der Waals surface area contributed by atoms with Crippen molar-refractivity contribution in [2.75, 3.05) is 19.8 Å². The number of nitrogens with zero attached hydrogens (tertiary/aromatic N) is 2. The monoisotopic (exact) mass is 317 g/mol. The smallest absolute Gasteiger partial charge is 0.261 e. The molecule has 0 aliphatic rings. The van der Waals surface area contributed by atoms with Crippen LogP contribution in [0.15, 0.2) is 35.4 Å². The Morgan fingerprint density at radius 1 is 1.30 bits per heavy atom. The SMILES string of the molecule is CC(C)CCOCCNC(=O)Cn1cnc2ccccc2c1=O. The van der Waals surface area contributed by atoms with Gasteiger partial charge in [0.25, 0.3) is 5.56 Å². The van der Waals surface area contributed by atoms with E-state index in [-0.39, 0.29) is 18.0 Å². The Balaban J connectivity index is 1.82. The van der Waals surface area contributed by atoms with Gasteiger partial charge in [0.1, 0.15) is 6.54 Å². The number of amides is 1. The van der Waals surface area contributed by atoms with Crippen molar-refractivity contribution in [3.05, 3.63) is 40.9 Å². The largest absolute Gasteiger partial charge is 0.380 e. The van der Waals surface area contributed by atoms with Crippen molar-refractivity contribution in [1.29, 1.82) is 0 Å². The minimum atomic E-state index is -0.225. The number of nitrogens with one attached hydrogen (secondary N) is 1. The molecule has 0 radical (unpaired) electrons. The summed E-state index contributed by atoms with van der Waals surface area (Å²) in [6, 6.07) is 7.09. The number of hydrogen-bond donors (Lipinski definition) is 1. The molecule has 2 rings (SSSR count). The first-order valence-electron chi connectivity index (χ1n) is 7.86. The van der Waals surface area contributed by atoms with Crippen LogP contribution in [0.25, 0.3) is 10.9 Å². The highest BCUT2D eigenvalue weighted by Gasteiger charge is 2.07. The van der Waals surface area contributed by atoms with Crippen LogP contribution in [-0.4, -0.2) is 35.2 Å². The molecule has 0 spiro atoms. The van der Waals surface area contributed by atoms with E-state index in [1.54, 1.807) is 18.2 Å². The average Bonchev–Trinajstić information content (AvgIpc) is 2.53. The van der Waals surface area contributed by atoms with Gasteiger partial charge in [0.05, 0.1) is 23.8 Å². The minimum Gasteiger partial charge on any atom is -0.380 e. The summed E-state index contributed by atoms with van der Waals surface area (Å²) in [5.41, 5.74) is 0.423. The Hall–Kier alpha value is -2.21. The third kappa shape index (κ3) is 5.17. The zero-order chi connectivity index (χ0) is 16.7. The highest BCUT2D eigenvalue weighted by Crippen LogP contribution is 2.04. The molecular formula is C17H23N3O3. The van der Waals surface area contributed by atoms with Gasteiger partial charge in [-0.15, -0.1) is 0 Å². The molecule has 6 nitrogen and oxygen atoms in total. The van der Waals surface area contributed by atoms with Gasteiger partial charge in [0.2, 0.25) is 5.91 Å². The number of aromatic nitrogens is 2. The second-order valence-electron chi connectivity index (χ2n) is 5.84. The van der Waals surface area contributed by atoms with Crippen LogP contribution in [0.3, 0.4) is 0 Å². The Labute approximate surface area is 135 Å². The predicted molar refractivity (Wildman–Crippen MR) is 89.3 cm³/mol. The van der Waals surface area contributed by atoms with Crippen molar-refractivity contribution in [3.8, 4) is 0 Å². The fourth-order valence-electron chi connectivity index (χ4n) is 2.11. The van der Waals surface area contributed by atoms with E-state index in [0.717, 1.165) is 6.42 Å². The van der Waals surface area contributed by atoms with E-state index in [1.165, 1.54) is 10.9 Å². The van der Waals surface area contributed by atoms with Crippen molar-refractivity contribution in [2.24, 2.45) is 5.92 Å². The lowest BCUT2D eigenvalue weighted by Gasteiger charge is -2.09. The molecule has 0 atom stereocenters. The third-order valence-electron chi connectivity index (χ3n) is 3.45. The first-order chi connectivity index (χ1) is 11.1. The highest BCUT2D eigenvalue weighted by molar-refractivity contribution is 5.78. The van der Waals surface area contributed by atoms with E-state index in [0.29, 0.717) is 36.6 Å². The van der Waals surface area contributed by atoms with Crippen LogP contribution in [0.2, 0.25) is 0 Å². The highest BCUT2D eigenvalue weighted by atomic mass is 16.5. The van der Waals surface area contributed by atoms with Crippen molar-refractivity contribution in [3.63, 3.8) is 0 Å². The number of rotatable bonds is 8. The molecule has 0 aliphatic heterocycles. The number of ether oxygens (including phenoxy) is 1. The number of carbonyl (C=O) groups excluding carboxylic acids is 1. The van der Waals surface area contributed by atoms with Gasteiger partial charge in [-0.25, -0.2) is 4.98 Å². The van der Waals surface area contributed by atoms with Gasteiger partial charge < -0.3 is 10.1 Å². The molecule has 6 heteroatoms. The van der Waals surface area contributed by atoms with Gasteiger partial charge in [0, 0.05) is 13.2 Å². The van der Waals surface area contributed by atoms with E-state index in [9.17, 15) is 9.59 Å². The van der Waals surface area contributed by atoms with Gasteiger partial charge in [-0.2, -0.15) is 0 Å². The first-order valence-corrected chi connectivity index (χ1v) is 7.86. The zero-order valence-corrected chi connectivity index (χ0v) is 13.6. The molecule has 1 aromatic heterocycles. The fourth-order valence-corrected chi connectivity index (χ4v) is 2.11. The van der Waals surface area contributed by atoms with Crippen LogP contribution in [0, 0.1) is 5.92 Å². The molecule has 0 saturated heterocycles. The maximum absolute atomic E-state index is 12.3. The fraction of sp³-hybridized carbons (Fsp3) is 0.471. The molecule has 23 heavy (non-hydrogen) atoms. The molecule has 1 aromatic carbocycles. The summed E-state index contributed by atoms with van der Waals surface area (Å²) in [6.45, 7) is 5.85. The number of carbonyl (C=O) groups is 1. The number of fused-ring (bicyclic) bond motifs is 1. The summed E-state index contributed by atoms with van der Waals surface area (Å²) < 4.78 is 6.75. The van der Waals surface area contributed by atoms with Crippen molar-refractivity contribution < 1.29 is 9.53 Å². The summed E-state index contributed by atoms with van der Waals surface area (Å²) in [7, 11) is 0. The van der Waals surface area contributed by atoms with Crippen LogP contribution in [-0.2, 0) is 16.1 Å². The van der Waals surface area contributed by atoms with Gasteiger partial charge in [-0.05, 0) is 24.5 Å². The quantitative estimate of drug-likeness (QED) is 0.750. The van der Waals surface area contributed by atoms with Crippen LogP contribution < -0.4 is 10.9 Å². The van der Waals surface area contributed by atoms with Gasteiger partial charge in [-0.3, -0.25) is 14.2 Å². The normalized spacial score (nSPS) is 11.1. The average molecular weight is 317 g/mol. The Morgan fingerprint density at radius 2 is 2.09 bits per heavy atom. The summed E-state index contributed by atoms with van der Waals surface area (Å²) in [5.74, 6) is 0.383. The van der Waals surface area contributed by atoms with E-state index in [1.807, 2.05) is 6.07 Å². The molecule has 0 aliphatic carbocycles. The summed E-state index contributed by atoms with van der Waals surface area (Å²) >= 11 is 0. The summed E-state index contributed by atoms with van der Waals surface area (Å²) in [6.07, 6.45) is 2.41. The Bertz CT molecular complexity index is 710. The predicted octanol–water partition coefficient (Wildman–Crippen LogP) is 1.58. The van der Waals surface area contributed by atoms with E-state index in [4.69, 9.17) is 4.74 Å². The topological polar surface area (TPSA) is 73.2 Å². The van der Waals surface area contributed by atoms with Crippen LogP contribution in [0.4, 0.5) is 0 Å². The second-order valence-corrected chi connectivity index (χ2v) is 5.84. The van der Waals surface area contributed by atoms with Gasteiger partial charge in [-0.1, -0.05) is 26.0 Å². The molecule has 124 valence electrons. The van der Waals surface area contributed by atoms with E-state index < -0.39 is 0 Å². The number of para-hydroxylation sites is 1. The third-order valence-corrected chi connectivity index (χ3v) is 3.45. The maximum Gasteiger partial charge on any atom is 0.261 e. The number of hydrogen-bond acceptors (Lipinski definition) is 4. The van der Waals surface area contributed by atoms with E-state index >= 15 is 0 Å². The summed E-state index contributed by atoms with van der Waals surface area (Å²) in [4.78, 5) is 28.3. The molecule has 2 aromatic rings. The molecule has 1 N–H and O–H groups in total. The molecule has 1 heterocycles. The van der Waals surface area contributed by atoms with E-state index in [2.05, 4.69) is 24.1 Å². The summed E-state index contributed by atoms with van der Waals surface area (Å²) in [5, 5.41) is 3.26. The van der Waals surface area contributed by atoms with Gasteiger partial charge in [0.15, 0.2) is 0 Å². The lowest BCUT2D eigenvalue weighted by Crippen LogP contribution is -2.34. The van der Waals surface area contributed by atoms with Crippen LogP contribution in [0.1, 0.15) is 20.3 Å². The lowest BCUT2D eigenvalue weighted by atomic mass is 10.1. The Kier molecular flexibility index (Phi) is 6.29.